The van der Waals surface area contributed by atoms with Crippen LogP contribution in [0.4, 0.5) is 5.69 Å². The molecule has 0 bridgehead atoms. The lowest BCUT2D eigenvalue weighted by molar-refractivity contribution is -0.157. The van der Waals surface area contributed by atoms with Crippen molar-refractivity contribution in [3.63, 3.8) is 0 Å². The van der Waals surface area contributed by atoms with Gasteiger partial charge in [0, 0.05) is 24.8 Å². The number of anilines is 1. The van der Waals surface area contributed by atoms with Crippen LogP contribution in [0, 0.1) is 0 Å². The summed E-state index contributed by atoms with van der Waals surface area (Å²) in [5.74, 6) is -0.596. The number of aliphatic hydroxyl groups is 1. The van der Waals surface area contributed by atoms with Crippen LogP contribution in [-0.2, 0) is 14.2 Å². The largest absolute Gasteiger partial charge is 0.481 e. The molecular weight excluding hydrogens is 296 g/mol. The number of aliphatic hydroxyl groups excluding tert-OH is 1. The standard InChI is InChI=1S/C13H16N2O5S/c1-13(2)19-9-6(3-16)18-8(10(9)20-13)5-4-21-11(7(5)14)12(15)17/h4,8,10,16H,3,14H2,1-2H3,(H2,15,17)/t8-,10?/m0/s1. The molecule has 0 aliphatic carbocycles. The minimum atomic E-state index is -0.806. The minimum Gasteiger partial charge on any atom is -0.481 e. The molecule has 3 rings (SSSR count). The van der Waals surface area contributed by atoms with Crippen LogP contribution in [-0.4, -0.2) is 29.5 Å². The fourth-order valence-electron chi connectivity index (χ4n) is 2.53. The molecule has 1 fully saturated rings. The summed E-state index contributed by atoms with van der Waals surface area (Å²) in [6.45, 7) is 3.25. The van der Waals surface area contributed by atoms with Crippen molar-refractivity contribution in [1.82, 2.24) is 0 Å². The Morgan fingerprint density at radius 1 is 1.48 bits per heavy atom. The topological polar surface area (TPSA) is 117 Å². The van der Waals surface area contributed by atoms with Crippen LogP contribution >= 0.6 is 11.3 Å². The zero-order valence-electron chi connectivity index (χ0n) is 11.6. The third-order valence-electron chi connectivity index (χ3n) is 3.38. The summed E-state index contributed by atoms with van der Waals surface area (Å²) in [6, 6.07) is 0. The highest BCUT2D eigenvalue weighted by atomic mass is 32.1. The number of nitrogen functional groups attached to an aromatic ring is 1. The molecule has 0 saturated carbocycles. The molecule has 1 amide bonds. The number of primary amides is 1. The van der Waals surface area contributed by atoms with Gasteiger partial charge in [-0.15, -0.1) is 11.3 Å². The number of carbonyl (C=O) groups is 1. The van der Waals surface area contributed by atoms with Crippen LogP contribution in [0.25, 0.3) is 0 Å². The van der Waals surface area contributed by atoms with E-state index < -0.39 is 23.9 Å². The molecule has 3 heterocycles. The maximum absolute atomic E-state index is 11.3. The van der Waals surface area contributed by atoms with Crippen molar-refractivity contribution < 1.29 is 24.1 Å². The van der Waals surface area contributed by atoms with Gasteiger partial charge in [-0.1, -0.05) is 0 Å². The summed E-state index contributed by atoms with van der Waals surface area (Å²) in [7, 11) is 0. The number of nitrogens with two attached hydrogens (primary N) is 2. The monoisotopic (exact) mass is 312 g/mol. The van der Waals surface area contributed by atoms with E-state index in [0.717, 1.165) is 11.3 Å². The average molecular weight is 312 g/mol. The van der Waals surface area contributed by atoms with Crippen molar-refractivity contribution in [1.29, 1.82) is 0 Å². The van der Waals surface area contributed by atoms with E-state index in [-0.39, 0.29) is 17.2 Å². The maximum atomic E-state index is 11.3. The molecule has 114 valence electrons. The summed E-state index contributed by atoms with van der Waals surface area (Å²) in [6.07, 6.45) is -1.06. The SMILES string of the molecule is CC1(C)OC2=C(CO)O[C@@H](c3csc(C(N)=O)c3N)C2O1. The Morgan fingerprint density at radius 2 is 2.19 bits per heavy atom. The fourth-order valence-corrected chi connectivity index (χ4v) is 3.39. The normalized spacial score (nSPS) is 26.4. The first kappa shape index (κ1) is 14.2. The Kier molecular flexibility index (Phi) is 3.12. The van der Waals surface area contributed by atoms with Crippen molar-refractivity contribution in [2.45, 2.75) is 31.8 Å². The van der Waals surface area contributed by atoms with Crippen molar-refractivity contribution >= 4 is 22.9 Å². The number of fused-ring (bicyclic) bond motifs is 1. The summed E-state index contributed by atoms with van der Waals surface area (Å²) in [5.41, 5.74) is 12.1. The van der Waals surface area contributed by atoms with E-state index in [1.807, 2.05) is 0 Å². The van der Waals surface area contributed by atoms with Crippen LogP contribution in [0.5, 0.6) is 0 Å². The Hall–Kier alpha value is -1.77. The molecule has 2 atom stereocenters. The number of hydrogen-bond acceptors (Lipinski definition) is 7. The molecule has 0 spiro atoms. The second-order valence-electron chi connectivity index (χ2n) is 5.32. The molecule has 1 aromatic rings. The van der Waals surface area contributed by atoms with Gasteiger partial charge in [-0.2, -0.15) is 0 Å². The molecule has 1 aromatic heterocycles. The first-order chi connectivity index (χ1) is 9.84. The number of rotatable bonds is 3. The lowest BCUT2D eigenvalue weighted by Gasteiger charge is -2.22. The van der Waals surface area contributed by atoms with E-state index in [0.29, 0.717) is 17.1 Å². The molecule has 21 heavy (non-hydrogen) atoms. The zero-order valence-corrected chi connectivity index (χ0v) is 12.4. The molecular formula is C13H16N2O5S. The second-order valence-corrected chi connectivity index (χ2v) is 6.20. The van der Waals surface area contributed by atoms with Crippen molar-refractivity contribution in [3.05, 3.63) is 27.3 Å². The van der Waals surface area contributed by atoms with Gasteiger partial charge >= 0.3 is 0 Å². The van der Waals surface area contributed by atoms with Gasteiger partial charge in [0.1, 0.15) is 11.5 Å². The van der Waals surface area contributed by atoms with Crippen LogP contribution in [0.15, 0.2) is 16.9 Å². The first-order valence-corrected chi connectivity index (χ1v) is 7.26. The van der Waals surface area contributed by atoms with Crippen LogP contribution in [0.2, 0.25) is 0 Å². The molecule has 1 unspecified atom stereocenters. The third-order valence-corrected chi connectivity index (χ3v) is 4.41. The Morgan fingerprint density at radius 3 is 2.76 bits per heavy atom. The lowest BCUT2D eigenvalue weighted by Crippen LogP contribution is -2.25. The highest BCUT2D eigenvalue weighted by Crippen LogP contribution is 2.48. The van der Waals surface area contributed by atoms with Gasteiger partial charge in [-0.3, -0.25) is 4.79 Å². The average Bonchev–Trinajstić information content (AvgIpc) is 3.00. The highest BCUT2D eigenvalue weighted by Gasteiger charge is 2.51. The predicted octanol–water partition coefficient (Wildman–Crippen LogP) is 0.856. The molecule has 8 heteroatoms. The van der Waals surface area contributed by atoms with E-state index in [1.165, 1.54) is 0 Å². The summed E-state index contributed by atoms with van der Waals surface area (Å²) in [4.78, 5) is 11.6. The Balaban J connectivity index is 1.97. The highest BCUT2D eigenvalue weighted by molar-refractivity contribution is 7.12. The van der Waals surface area contributed by atoms with Gasteiger partial charge in [0.05, 0.1) is 5.69 Å². The molecule has 1 saturated heterocycles. The van der Waals surface area contributed by atoms with Gasteiger partial charge in [-0.05, 0) is 0 Å². The van der Waals surface area contributed by atoms with Crippen molar-refractivity contribution in [2.24, 2.45) is 5.73 Å². The summed E-state index contributed by atoms with van der Waals surface area (Å²) in [5, 5.41) is 11.1. The van der Waals surface area contributed by atoms with E-state index in [1.54, 1.807) is 19.2 Å². The summed E-state index contributed by atoms with van der Waals surface area (Å²) >= 11 is 1.16. The fraction of sp³-hybridized carbons (Fsp3) is 0.462. The van der Waals surface area contributed by atoms with Gasteiger partial charge in [0.2, 0.25) is 5.79 Å². The number of ether oxygens (including phenoxy) is 3. The van der Waals surface area contributed by atoms with Gasteiger partial charge in [0.25, 0.3) is 5.91 Å². The smallest absolute Gasteiger partial charge is 0.260 e. The molecule has 0 radical (unpaired) electrons. The number of hydrogen-bond donors (Lipinski definition) is 3. The Bertz CT molecular complexity index is 637. The number of amides is 1. The third kappa shape index (κ3) is 2.15. The predicted molar refractivity (Wildman–Crippen MR) is 75.2 cm³/mol. The van der Waals surface area contributed by atoms with Crippen molar-refractivity contribution in [3.8, 4) is 0 Å². The van der Waals surface area contributed by atoms with Gasteiger partial charge in [-0.25, -0.2) is 0 Å². The molecule has 2 aliphatic rings. The maximum Gasteiger partial charge on any atom is 0.260 e. The quantitative estimate of drug-likeness (QED) is 0.762. The lowest BCUT2D eigenvalue weighted by atomic mass is 10.1. The van der Waals surface area contributed by atoms with Crippen LogP contribution in [0.1, 0.15) is 35.2 Å². The molecule has 2 aliphatic heterocycles. The van der Waals surface area contributed by atoms with E-state index in [4.69, 9.17) is 25.7 Å². The van der Waals surface area contributed by atoms with Crippen LogP contribution in [0.3, 0.4) is 0 Å². The minimum absolute atomic E-state index is 0.282. The van der Waals surface area contributed by atoms with Crippen LogP contribution < -0.4 is 11.5 Å². The number of thiophene rings is 1. The molecule has 0 aromatic carbocycles. The van der Waals surface area contributed by atoms with Gasteiger partial charge in [0.15, 0.2) is 23.7 Å². The Labute approximate surface area is 125 Å². The zero-order chi connectivity index (χ0) is 15.4. The molecule has 7 nitrogen and oxygen atoms in total. The van der Waals surface area contributed by atoms with Crippen molar-refractivity contribution in [2.75, 3.05) is 12.3 Å². The van der Waals surface area contributed by atoms with Gasteiger partial charge < -0.3 is 30.8 Å². The second kappa shape index (κ2) is 4.62. The molecule has 5 N–H and O–H groups in total. The van der Waals surface area contributed by atoms with E-state index in [2.05, 4.69) is 0 Å². The van der Waals surface area contributed by atoms with E-state index >= 15 is 0 Å². The number of carbonyl (C=O) groups excluding carboxylic acids is 1. The first-order valence-electron chi connectivity index (χ1n) is 6.38. The summed E-state index contributed by atoms with van der Waals surface area (Å²) < 4.78 is 17.2. The van der Waals surface area contributed by atoms with E-state index in [9.17, 15) is 9.90 Å².